The summed E-state index contributed by atoms with van der Waals surface area (Å²) < 4.78 is 5.19. The van der Waals surface area contributed by atoms with Gasteiger partial charge in [0.05, 0.1) is 0 Å². The molecule has 21 heavy (non-hydrogen) atoms. The number of carbonyl (C=O) groups is 1. The van der Waals surface area contributed by atoms with Crippen LogP contribution in [0.2, 0.25) is 0 Å². The monoisotopic (exact) mass is 293 g/mol. The molecule has 0 spiro atoms. The number of aliphatic hydroxyl groups excluding tert-OH is 1. The highest BCUT2D eigenvalue weighted by Gasteiger charge is 2.15. The first kappa shape index (κ1) is 17.5. The molecule has 0 heterocycles. The van der Waals surface area contributed by atoms with Crippen molar-refractivity contribution in [2.45, 2.75) is 52.1 Å². The minimum Gasteiger partial charge on any atom is -0.444 e. The Balaban J connectivity index is 2.34. The number of aliphatic hydroxyl groups is 1. The third-order valence-corrected chi connectivity index (χ3v) is 3.01. The minimum atomic E-state index is -0.457. The van der Waals surface area contributed by atoms with Crippen LogP contribution < -0.4 is 5.32 Å². The van der Waals surface area contributed by atoms with Crippen molar-refractivity contribution in [3.63, 3.8) is 0 Å². The highest BCUT2D eigenvalue weighted by molar-refractivity contribution is 5.67. The van der Waals surface area contributed by atoms with E-state index in [4.69, 9.17) is 9.84 Å². The van der Waals surface area contributed by atoms with Crippen molar-refractivity contribution in [1.29, 1.82) is 0 Å². The quantitative estimate of drug-likeness (QED) is 0.760. The molecule has 1 aromatic rings. The van der Waals surface area contributed by atoms with Crippen molar-refractivity contribution in [1.82, 2.24) is 5.32 Å². The lowest BCUT2D eigenvalue weighted by Crippen LogP contribution is -2.33. The van der Waals surface area contributed by atoms with E-state index in [0.29, 0.717) is 6.54 Å². The van der Waals surface area contributed by atoms with Gasteiger partial charge in [0.1, 0.15) is 5.60 Å². The van der Waals surface area contributed by atoms with E-state index in [1.54, 1.807) is 0 Å². The molecule has 0 saturated carbocycles. The number of hydrogen-bond donors (Lipinski definition) is 2. The summed E-state index contributed by atoms with van der Waals surface area (Å²) in [5, 5.41) is 11.7. The van der Waals surface area contributed by atoms with E-state index >= 15 is 0 Å². The predicted molar refractivity (Wildman–Crippen MR) is 84.4 cm³/mol. The first-order chi connectivity index (χ1) is 9.92. The summed E-state index contributed by atoms with van der Waals surface area (Å²) in [5.41, 5.74) is 2.11. The molecule has 0 aliphatic rings. The summed E-state index contributed by atoms with van der Waals surface area (Å²) in [5.74, 6) is 0. The second-order valence-corrected chi connectivity index (χ2v) is 6.13. The Kier molecular flexibility index (Phi) is 7.23. The second kappa shape index (κ2) is 8.67. The molecular weight excluding hydrogens is 266 g/mol. The van der Waals surface area contributed by atoms with Crippen molar-refractivity contribution in [2.24, 2.45) is 0 Å². The Morgan fingerprint density at radius 3 is 2.24 bits per heavy atom. The van der Waals surface area contributed by atoms with Gasteiger partial charge in [0.15, 0.2) is 0 Å². The molecule has 0 aromatic heterocycles. The van der Waals surface area contributed by atoms with Crippen LogP contribution in [0.25, 0.3) is 0 Å². The van der Waals surface area contributed by atoms with E-state index < -0.39 is 5.60 Å². The van der Waals surface area contributed by atoms with E-state index in [1.807, 2.05) is 32.9 Å². The molecule has 0 saturated heterocycles. The normalized spacial score (nSPS) is 11.2. The van der Waals surface area contributed by atoms with Crippen LogP contribution in [-0.4, -0.2) is 30.0 Å². The van der Waals surface area contributed by atoms with Crippen LogP contribution in [0.3, 0.4) is 0 Å². The van der Waals surface area contributed by atoms with Crippen molar-refractivity contribution in [3.05, 3.63) is 35.4 Å². The Hall–Kier alpha value is -1.55. The smallest absolute Gasteiger partial charge is 0.407 e. The topological polar surface area (TPSA) is 58.6 Å². The van der Waals surface area contributed by atoms with Gasteiger partial charge in [0, 0.05) is 13.2 Å². The standard InChI is InChI=1S/C17H27NO3/c1-17(2,3)21-16(20)18-12-6-10-14-8-4-5-9-15(14)11-7-13-19/h4-5,8-9,19H,6-7,10-13H2,1-3H3,(H,18,20). The number of amides is 1. The Labute approximate surface area is 127 Å². The summed E-state index contributed by atoms with van der Waals surface area (Å²) in [6.07, 6.45) is 3.10. The van der Waals surface area contributed by atoms with E-state index in [9.17, 15) is 4.79 Å². The fourth-order valence-electron chi connectivity index (χ4n) is 2.10. The lowest BCUT2D eigenvalue weighted by molar-refractivity contribution is 0.0527. The van der Waals surface area contributed by atoms with E-state index in [2.05, 4.69) is 17.4 Å². The van der Waals surface area contributed by atoms with Gasteiger partial charge in [-0.25, -0.2) is 4.79 Å². The van der Waals surface area contributed by atoms with Gasteiger partial charge in [0.2, 0.25) is 0 Å². The van der Waals surface area contributed by atoms with Crippen LogP contribution in [-0.2, 0) is 17.6 Å². The van der Waals surface area contributed by atoms with Gasteiger partial charge >= 0.3 is 6.09 Å². The van der Waals surface area contributed by atoms with Crippen LogP contribution >= 0.6 is 0 Å². The highest BCUT2D eigenvalue weighted by Crippen LogP contribution is 2.13. The lowest BCUT2D eigenvalue weighted by Gasteiger charge is -2.19. The van der Waals surface area contributed by atoms with Gasteiger partial charge in [-0.15, -0.1) is 0 Å². The number of rotatable bonds is 7. The van der Waals surface area contributed by atoms with Gasteiger partial charge < -0.3 is 15.2 Å². The molecule has 1 aromatic carbocycles. The van der Waals surface area contributed by atoms with Crippen molar-refractivity contribution in [2.75, 3.05) is 13.2 Å². The fraction of sp³-hybridized carbons (Fsp3) is 0.588. The van der Waals surface area contributed by atoms with Gasteiger partial charge in [-0.1, -0.05) is 24.3 Å². The third kappa shape index (κ3) is 7.71. The van der Waals surface area contributed by atoms with E-state index in [0.717, 1.165) is 25.7 Å². The third-order valence-electron chi connectivity index (χ3n) is 3.01. The molecule has 4 nitrogen and oxygen atoms in total. The maximum Gasteiger partial charge on any atom is 0.407 e. The summed E-state index contributed by atoms with van der Waals surface area (Å²) in [6.45, 7) is 6.37. The van der Waals surface area contributed by atoms with E-state index in [-0.39, 0.29) is 12.7 Å². The summed E-state index contributed by atoms with van der Waals surface area (Å²) in [7, 11) is 0. The molecule has 2 N–H and O–H groups in total. The lowest BCUT2D eigenvalue weighted by atomic mass is 9.99. The predicted octanol–water partition coefficient (Wildman–Crippen LogP) is 3.07. The summed E-state index contributed by atoms with van der Waals surface area (Å²) in [4.78, 5) is 11.5. The highest BCUT2D eigenvalue weighted by atomic mass is 16.6. The molecule has 0 bridgehead atoms. The van der Waals surface area contributed by atoms with Gasteiger partial charge in [-0.3, -0.25) is 0 Å². The number of aryl methyl sites for hydroxylation is 2. The van der Waals surface area contributed by atoms with Crippen molar-refractivity contribution in [3.8, 4) is 0 Å². The minimum absolute atomic E-state index is 0.217. The molecule has 4 heteroatoms. The number of nitrogens with one attached hydrogen (secondary N) is 1. The average Bonchev–Trinajstić information content (AvgIpc) is 2.40. The Morgan fingerprint density at radius 1 is 1.14 bits per heavy atom. The first-order valence-electron chi connectivity index (χ1n) is 7.57. The Bertz CT molecular complexity index is 438. The number of alkyl carbamates (subject to hydrolysis) is 1. The van der Waals surface area contributed by atoms with Gasteiger partial charge in [-0.05, 0) is 57.6 Å². The van der Waals surface area contributed by atoms with Crippen LogP contribution in [0.1, 0.15) is 44.7 Å². The first-order valence-corrected chi connectivity index (χ1v) is 7.57. The largest absolute Gasteiger partial charge is 0.444 e. The van der Waals surface area contributed by atoms with Crippen LogP contribution in [0.5, 0.6) is 0 Å². The summed E-state index contributed by atoms with van der Waals surface area (Å²) in [6, 6.07) is 8.26. The summed E-state index contributed by atoms with van der Waals surface area (Å²) >= 11 is 0. The molecule has 118 valence electrons. The van der Waals surface area contributed by atoms with Crippen LogP contribution in [0, 0.1) is 0 Å². The van der Waals surface area contributed by atoms with Crippen LogP contribution in [0.15, 0.2) is 24.3 Å². The molecule has 0 radical (unpaired) electrons. The van der Waals surface area contributed by atoms with Crippen molar-refractivity contribution >= 4 is 6.09 Å². The number of ether oxygens (including phenoxy) is 1. The number of carbonyl (C=O) groups excluding carboxylic acids is 1. The zero-order valence-electron chi connectivity index (χ0n) is 13.3. The fourth-order valence-corrected chi connectivity index (χ4v) is 2.10. The Morgan fingerprint density at radius 2 is 1.71 bits per heavy atom. The number of benzene rings is 1. The second-order valence-electron chi connectivity index (χ2n) is 6.13. The zero-order chi connectivity index (χ0) is 15.7. The molecule has 0 aliphatic carbocycles. The van der Waals surface area contributed by atoms with Crippen molar-refractivity contribution < 1.29 is 14.6 Å². The van der Waals surface area contributed by atoms with Crippen LogP contribution in [0.4, 0.5) is 4.79 Å². The van der Waals surface area contributed by atoms with Gasteiger partial charge in [0.25, 0.3) is 0 Å². The molecule has 1 rings (SSSR count). The van der Waals surface area contributed by atoms with Gasteiger partial charge in [-0.2, -0.15) is 0 Å². The maximum absolute atomic E-state index is 11.5. The molecule has 0 fully saturated rings. The SMILES string of the molecule is CC(C)(C)OC(=O)NCCCc1ccccc1CCCO. The molecule has 0 unspecified atom stereocenters. The zero-order valence-corrected chi connectivity index (χ0v) is 13.3. The molecule has 0 atom stereocenters. The number of hydrogen-bond acceptors (Lipinski definition) is 3. The average molecular weight is 293 g/mol. The molecule has 1 amide bonds. The molecule has 0 aliphatic heterocycles. The van der Waals surface area contributed by atoms with E-state index in [1.165, 1.54) is 11.1 Å². The molecular formula is C17H27NO3. The maximum atomic E-state index is 11.5.